The first kappa shape index (κ1) is 31.6. The molecule has 1 N–H and O–H groups in total. The molecule has 3 aromatic rings. The Kier molecular flexibility index (Phi) is 10.7. The summed E-state index contributed by atoms with van der Waals surface area (Å²) in [6.07, 6.45) is 1.59. The molecule has 1 saturated heterocycles. The van der Waals surface area contributed by atoms with E-state index >= 15 is 0 Å². The number of imide groups is 1. The second-order valence-electron chi connectivity index (χ2n) is 9.08. The molecule has 1 aliphatic heterocycles. The molecule has 0 saturated carbocycles. The second-order valence-corrected chi connectivity index (χ2v) is 11.3. The molecule has 3 aromatic carbocycles. The first-order valence-electron chi connectivity index (χ1n) is 13.0. The molecule has 0 aromatic heterocycles. The van der Waals surface area contributed by atoms with E-state index in [-0.39, 0.29) is 11.5 Å². The standard InChI is InChI=1S/C30H28Cl3N3O5S/c1-4-35(5-2)22-10-7-18(26(15-22)41-17-19-6-8-20(31)13-23(19)32)12-27-29(38)36(30(39)42-27)16-28(37)34-21-9-11-25(40-3)24(33)14-21/h6-15H,4-5,16-17H2,1-3H3,(H,34,37)/b27-12+. The Balaban J connectivity index is 1.54. The van der Waals surface area contributed by atoms with Crippen LogP contribution in [0.5, 0.6) is 11.5 Å². The summed E-state index contributed by atoms with van der Waals surface area (Å²) < 4.78 is 11.3. The van der Waals surface area contributed by atoms with Crippen LogP contribution in [0.15, 0.2) is 59.5 Å². The number of benzene rings is 3. The molecule has 4 rings (SSSR count). The molecule has 8 nitrogen and oxygen atoms in total. The summed E-state index contributed by atoms with van der Waals surface area (Å²) in [5.74, 6) is -0.165. The predicted octanol–water partition coefficient (Wildman–Crippen LogP) is 7.76. The number of amides is 3. The number of nitrogens with one attached hydrogen (secondary N) is 1. The molecule has 0 spiro atoms. The van der Waals surface area contributed by atoms with Crippen LogP contribution >= 0.6 is 46.6 Å². The number of ether oxygens (including phenoxy) is 2. The first-order valence-corrected chi connectivity index (χ1v) is 14.9. The van der Waals surface area contributed by atoms with Crippen molar-refractivity contribution in [3.63, 3.8) is 0 Å². The smallest absolute Gasteiger partial charge is 0.294 e. The summed E-state index contributed by atoms with van der Waals surface area (Å²) in [5, 5.41) is 3.40. The van der Waals surface area contributed by atoms with Gasteiger partial charge in [0.25, 0.3) is 11.1 Å². The highest BCUT2D eigenvalue weighted by molar-refractivity contribution is 8.18. The van der Waals surface area contributed by atoms with Crippen molar-refractivity contribution in [1.29, 1.82) is 0 Å². The van der Waals surface area contributed by atoms with E-state index in [1.165, 1.54) is 13.2 Å². The Morgan fingerprint density at radius 2 is 1.74 bits per heavy atom. The highest BCUT2D eigenvalue weighted by atomic mass is 35.5. The molecule has 12 heteroatoms. The average Bonchev–Trinajstić information content (AvgIpc) is 3.21. The third-order valence-electron chi connectivity index (χ3n) is 6.42. The van der Waals surface area contributed by atoms with Gasteiger partial charge in [-0.15, -0.1) is 0 Å². The zero-order valence-corrected chi connectivity index (χ0v) is 26.2. The van der Waals surface area contributed by atoms with Crippen LogP contribution in [0.1, 0.15) is 25.0 Å². The minimum Gasteiger partial charge on any atom is -0.495 e. The number of halogens is 3. The van der Waals surface area contributed by atoms with E-state index < -0.39 is 23.6 Å². The van der Waals surface area contributed by atoms with Crippen molar-refractivity contribution in [2.24, 2.45) is 0 Å². The van der Waals surface area contributed by atoms with E-state index in [9.17, 15) is 14.4 Å². The lowest BCUT2D eigenvalue weighted by Crippen LogP contribution is -2.36. The monoisotopic (exact) mass is 647 g/mol. The van der Waals surface area contributed by atoms with Gasteiger partial charge in [-0.3, -0.25) is 19.3 Å². The van der Waals surface area contributed by atoms with Crippen LogP contribution in [0.25, 0.3) is 6.08 Å². The van der Waals surface area contributed by atoms with Crippen molar-refractivity contribution in [1.82, 2.24) is 4.90 Å². The van der Waals surface area contributed by atoms with Gasteiger partial charge in [-0.05, 0) is 74.1 Å². The summed E-state index contributed by atoms with van der Waals surface area (Å²) in [7, 11) is 1.48. The number of anilines is 2. The van der Waals surface area contributed by atoms with Gasteiger partial charge in [0.05, 0.1) is 17.0 Å². The van der Waals surface area contributed by atoms with Gasteiger partial charge in [-0.1, -0.05) is 40.9 Å². The summed E-state index contributed by atoms with van der Waals surface area (Å²) in [5.41, 5.74) is 2.69. The number of methoxy groups -OCH3 is 1. The van der Waals surface area contributed by atoms with Gasteiger partial charge in [0.15, 0.2) is 0 Å². The highest BCUT2D eigenvalue weighted by Gasteiger charge is 2.36. The lowest BCUT2D eigenvalue weighted by atomic mass is 10.1. The topological polar surface area (TPSA) is 88.2 Å². The van der Waals surface area contributed by atoms with Crippen LogP contribution in [0, 0.1) is 0 Å². The fourth-order valence-corrected chi connectivity index (χ4v) is 5.76. The van der Waals surface area contributed by atoms with Crippen molar-refractivity contribution in [3.05, 3.63) is 85.7 Å². The molecular formula is C30H28Cl3N3O5S. The van der Waals surface area contributed by atoms with Crippen molar-refractivity contribution in [2.75, 3.05) is 37.0 Å². The quantitative estimate of drug-likeness (QED) is 0.213. The number of carbonyl (C=O) groups excluding carboxylic acids is 3. The largest absolute Gasteiger partial charge is 0.495 e. The van der Waals surface area contributed by atoms with Crippen LogP contribution in [-0.2, 0) is 16.2 Å². The Labute approximate surface area is 263 Å². The average molecular weight is 649 g/mol. The molecule has 1 heterocycles. The van der Waals surface area contributed by atoms with E-state index in [0.717, 1.165) is 41.0 Å². The number of hydrogen-bond donors (Lipinski definition) is 1. The number of hydrogen-bond acceptors (Lipinski definition) is 7. The van der Waals surface area contributed by atoms with Crippen molar-refractivity contribution in [2.45, 2.75) is 20.5 Å². The molecular weight excluding hydrogens is 621 g/mol. The second kappa shape index (κ2) is 14.2. The Bertz CT molecular complexity index is 1540. The van der Waals surface area contributed by atoms with E-state index in [0.29, 0.717) is 37.8 Å². The molecule has 1 aliphatic rings. The molecule has 0 atom stereocenters. The Hall–Kier alpha value is -3.37. The lowest BCUT2D eigenvalue weighted by molar-refractivity contribution is -0.127. The SMILES string of the molecule is CCN(CC)c1ccc(/C=C2/SC(=O)N(CC(=O)Nc3ccc(OC)c(Cl)c3)C2=O)c(OCc2ccc(Cl)cc2Cl)c1. The molecule has 1 fully saturated rings. The number of carbonyl (C=O) groups is 3. The van der Waals surface area contributed by atoms with Gasteiger partial charge in [0.1, 0.15) is 24.7 Å². The van der Waals surface area contributed by atoms with Crippen molar-refractivity contribution < 1.29 is 23.9 Å². The molecule has 0 unspecified atom stereocenters. The maximum Gasteiger partial charge on any atom is 0.294 e. The Morgan fingerprint density at radius 1 is 0.976 bits per heavy atom. The van der Waals surface area contributed by atoms with Crippen LogP contribution in [0.4, 0.5) is 16.2 Å². The number of thioether (sulfide) groups is 1. The van der Waals surface area contributed by atoms with Crippen LogP contribution in [0.3, 0.4) is 0 Å². The number of nitrogens with zero attached hydrogens (tertiary/aromatic N) is 2. The van der Waals surface area contributed by atoms with Gasteiger partial charge < -0.3 is 19.7 Å². The maximum absolute atomic E-state index is 13.2. The fourth-order valence-electron chi connectivity index (χ4n) is 4.21. The van der Waals surface area contributed by atoms with E-state index in [1.54, 1.807) is 36.4 Å². The lowest BCUT2D eigenvalue weighted by Gasteiger charge is -2.22. The normalized spacial score (nSPS) is 14.0. The van der Waals surface area contributed by atoms with Gasteiger partial charge in [-0.25, -0.2) is 0 Å². The van der Waals surface area contributed by atoms with Gasteiger partial charge in [0.2, 0.25) is 5.91 Å². The minimum absolute atomic E-state index is 0.162. The highest BCUT2D eigenvalue weighted by Crippen LogP contribution is 2.36. The number of rotatable bonds is 11. The van der Waals surface area contributed by atoms with Crippen molar-refractivity contribution in [3.8, 4) is 11.5 Å². The van der Waals surface area contributed by atoms with Crippen LogP contribution in [0.2, 0.25) is 15.1 Å². The van der Waals surface area contributed by atoms with Gasteiger partial charge in [0, 0.05) is 51.7 Å². The first-order chi connectivity index (χ1) is 20.1. The zero-order valence-electron chi connectivity index (χ0n) is 23.1. The third-order valence-corrected chi connectivity index (χ3v) is 8.21. The molecule has 0 aliphatic carbocycles. The zero-order chi connectivity index (χ0) is 30.4. The molecule has 42 heavy (non-hydrogen) atoms. The molecule has 3 amide bonds. The maximum atomic E-state index is 13.2. The van der Waals surface area contributed by atoms with E-state index in [2.05, 4.69) is 24.1 Å². The molecule has 220 valence electrons. The van der Waals surface area contributed by atoms with E-state index in [4.69, 9.17) is 44.3 Å². The van der Waals surface area contributed by atoms with E-state index in [1.807, 2.05) is 18.2 Å². The summed E-state index contributed by atoms with van der Waals surface area (Å²) in [6, 6.07) is 15.5. The third kappa shape index (κ3) is 7.52. The van der Waals surface area contributed by atoms with Crippen LogP contribution in [-0.4, -0.2) is 48.7 Å². The Morgan fingerprint density at radius 3 is 2.40 bits per heavy atom. The van der Waals surface area contributed by atoms with Gasteiger partial charge in [-0.2, -0.15) is 0 Å². The summed E-state index contributed by atoms with van der Waals surface area (Å²) in [6.45, 7) is 5.41. The molecule has 0 radical (unpaired) electrons. The summed E-state index contributed by atoms with van der Waals surface area (Å²) in [4.78, 5) is 41.8. The predicted molar refractivity (Wildman–Crippen MR) is 170 cm³/mol. The summed E-state index contributed by atoms with van der Waals surface area (Å²) >= 11 is 19.3. The minimum atomic E-state index is -0.576. The van der Waals surface area contributed by atoms with Crippen molar-refractivity contribution >= 4 is 81.1 Å². The molecule has 0 bridgehead atoms. The fraction of sp³-hybridized carbons (Fsp3) is 0.233. The van der Waals surface area contributed by atoms with Gasteiger partial charge >= 0.3 is 0 Å². The van der Waals surface area contributed by atoms with Crippen LogP contribution < -0.4 is 19.7 Å².